The first-order valence-corrected chi connectivity index (χ1v) is 6.08. The van der Waals surface area contributed by atoms with Crippen LogP contribution < -0.4 is 0 Å². The molecule has 0 unspecified atom stereocenters. The Hall–Kier alpha value is -1.48. The lowest BCUT2D eigenvalue weighted by Gasteiger charge is -1.97. The smallest absolute Gasteiger partial charge is 0.172 e. The summed E-state index contributed by atoms with van der Waals surface area (Å²) in [7, 11) is 0. The second kappa shape index (κ2) is 4.58. The van der Waals surface area contributed by atoms with Crippen LogP contribution in [-0.2, 0) is 0 Å². The van der Waals surface area contributed by atoms with Gasteiger partial charge in [-0.1, -0.05) is 6.92 Å². The maximum atomic E-state index is 11.6. The Morgan fingerprint density at radius 1 is 1.38 bits per heavy atom. The standard InChI is InChI=1S/C13H13NOS/c1-3-11(15)12-8-9(2)13(16-12)10-4-6-14-7-5-10/h4-8H,3H2,1-2H3. The molecule has 2 rings (SSSR count). The fourth-order valence-corrected chi connectivity index (χ4v) is 2.77. The first kappa shape index (κ1) is 11.0. The van der Waals surface area contributed by atoms with Gasteiger partial charge in [0, 0.05) is 23.7 Å². The molecule has 2 aromatic heterocycles. The largest absolute Gasteiger partial charge is 0.293 e. The molecule has 0 saturated heterocycles. The third-order valence-corrected chi connectivity index (χ3v) is 3.78. The molecule has 0 fully saturated rings. The topological polar surface area (TPSA) is 30.0 Å². The summed E-state index contributed by atoms with van der Waals surface area (Å²) in [5, 5.41) is 0. The predicted octanol–water partition coefficient (Wildman–Crippen LogP) is 3.71. The number of thiophene rings is 1. The summed E-state index contributed by atoms with van der Waals surface area (Å²) in [5.41, 5.74) is 2.29. The number of aromatic nitrogens is 1. The van der Waals surface area contributed by atoms with Crippen molar-refractivity contribution >= 4 is 17.1 Å². The molecular formula is C13H13NOS. The van der Waals surface area contributed by atoms with Crippen molar-refractivity contribution in [3.05, 3.63) is 41.0 Å². The van der Waals surface area contributed by atoms with E-state index in [0.717, 1.165) is 16.0 Å². The van der Waals surface area contributed by atoms with Gasteiger partial charge in [0.15, 0.2) is 5.78 Å². The monoisotopic (exact) mass is 231 g/mol. The van der Waals surface area contributed by atoms with Gasteiger partial charge in [0.2, 0.25) is 0 Å². The highest BCUT2D eigenvalue weighted by Gasteiger charge is 2.11. The zero-order valence-corrected chi connectivity index (χ0v) is 10.2. The Balaban J connectivity index is 2.44. The first-order chi connectivity index (χ1) is 7.72. The first-order valence-electron chi connectivity index (χ1n) is 5.26. The molecule has 0 atom stereocenters. The van der Waals surface area contributed by atoms with Crippen molar-refractivity contribution in [2.75, 3.05) is 0 Å². The molecular weight excluding hydrogens is 218 g/mol. The number of aryl methyl sites for hydroxylation is 1. The number of nitrogens with zero attached hydrogens (tertiary/aromatic N) is 1. The van der Waals surface area contributed by atoms with Crippen molar-refractivity contribution in [2.45, 2.75) is 20.3 Å². The maximum absolute atomic E-state index is 11.6. The van der Waals surface area contributed by atoms with E-state index in [1.807, 2.05) is 32.0 Å². The van der Waals surface area contributed by atoms with E-state index in [4.69, 9.17) is 0 Å². The molecule has 0 bridgehead atoms. The molecule has 0 spiro atoms. The predicted molar refractivity (Wildman–Crippen MR) is 66.9 cm³/mol. The Kier molecular flexibility index (Phi) is 3.15. The van der Waals surface area contributed by atoms with Crippen molar-refractivity contribution < 1.29 is 4.79 Å². The molecule has 82 valence electrons. The minimum Gasteiger partial charge on any atom is -0.293 e. The van der Waals surface area contributed by atoms with Gasteiger partial charge in [-0.25, -0.2) is 0 Å². The second-order valence-electron chi connectivity index (χ2n) is 3.64. The quantitative estimate of drug-likeness (QED) is 0.754. The Morgan fingerprint density at radius 2 is 2.06 bits per heavy atom. The van der Waals surface area contributed by atoms with Crippen LogP contribution in [0.3, 0.4) is 0 Å². The summed E-state index contributed by atoms with van der Waals surface area (Å²) in [5.74, 6) is 0.216. The van der Waals surface area contributed by atoms with Gasteiger partial charge in [0.1, 0.15) is 0 Å². The van der Waals surface area contributed by atoms with Crippen molar-refractivity contribution in [3.63, 3.8) is 0 Å². The lowest BCUT2D eigenvalue weighted by Crippen LogP contribution is -1.90. The van der Waals surface area contributed by atoms with Crippen LogP contribution in [-0.4, -0.2) is 10.8 Å². The molecule has 0 aliphatic heterocycles. The summed E-state index contributed by atoms with van der Waals surface area (Å²) < 4.78 is 0. The number of rotatable bonds is 3. The number of carbonyl (C=O) groups is 1. The number of ketones is 1. The molecule has 0 N–H and O–H groups in total. The third kappa shape index (κ3) is 2.04. The number of Topliss-reactive ketones (excluding diaryl/α,β-unsaturated/α-hetero) is 1. The van der Waals surface area contributed by atoms with E-state index < -0.39 is 0 Å². The zero-order chi connectivity index (χ0) is 11.5. The fraction of sp³-hybridized carbons (Fsp3) is 0.231. The van der Waals surface area contributed by atoms with E-state index >= 15 is 0 Å². The number of pyridine rings is 1. The minimum absolute atomic E-state index is 0.216. The zero-order valence-electron chi connectivity index (χ0n) is 9.36. The van der Waals surface area contributed by atoms with Gasteiger partial charge < -0.3 is 0 Å². The molecule has 2 heterocycles. The highest BCUT2D eigenvalue weighted by molar-refractivity contribution is 7.17. The summed E-state index contributed by atoms with van der Waals surface area (Å²) in [6.07, 6.45) is 4.11. The van der Waals surface area contributed by atoms with Crippen LogP contribution in [0, 0.1) is 6.92 Å². The van der Waals surface area contributed by atoms with E-state index in [1.165, 1.54) is 4.88 Å². The molecule has 0 aliphatic rings. The van der Waals surface area contributed by atoms with Crippen LogP contribution in [0.25, 0.3) is 10.4 Å². The van der Waals surface area contributed by atoms with E-state index in [0.29, 0.717) is 6.42 Å². The van der Waals surface area contributed by atoms with Crippen LogP contribution in [0.5, 0.6) is 0 Å². The number of hydrogen-bond acceptors (Lipinski definition) is 3. The van der Waals surface area contributed by atoms with Crippen LogP contribution in [0.1, 0.15) is 28.6 Å². The average molecular weight is 231 g/mol. The van der Waals surface area contributed by atoms with Crippen molar-refractivity contribution in [1.82, 2.24) is 4.98 Å². The van der Waals surface area contributed by atoms with Gasteiger partial charge in [-0.05, 0) is 36.2 Å². The van der Waals surface area contributed by atoms with E-state index in [9.17, 15) is 4.79 Å². The van der Waals surface area contributed by atoms with Crippen LogP contribution in [0.2, 0.25) is 0 Å². The Bertz CT molecular complexity index is 502. The molecule has 0 amide bonds. The fourth-order valence-electron chi connectivity index (χ4n) is 1.58. The number of carbonyl (C=O) groups excluding carboxylic acids is 1. The van der Waals surface area contributed by atoms with E-state index in [-0.39, 0.29) is 5.78 Å². The average Bonchev–Trinajstić information content (AvgIpc) is 2.71. The second-order valence-corrected chi connectivity index (χ2v) is 4.69. The lowest BCUT2D eigenvalue weighted by atomic mass is 10.1. The van der Waals surface area contributed by atoms with Crippen molar-refractivity contribution in [3.8, 4) is 10.4 Å². The van der Waals surface area contributed by atoms with E-state index in [1.54, 1.807) is 23.7 Å². The molecule has 0 aliphatic carbocycles. The normalized spacial score (nSPS) is 10.4. The van der Waals surface area contributed by atoms with Gasteiger partial charge in [0.05, 0.1) is 4.88 Å². The van der Waals surface area contributed by atoms with Gasteiger partial charge in [-0.2, -0.15) is 0 Å². The van der Waals surface area contributed by atoms with Gasteiger partial charge >= 0.3 is 0 Å². The summed E-state index contributed by atoms with van der Waals surface area (Å²) in [6.45, 7) is 3.93. The highest BCUT2D eigenvalue weighted by atomic mass is 32.1. The molecule has 16 heavy (non-hydrogen) atoms. The SMILES string of the molecule is CCC(=O)c1cc(C)c(-c2ccncc2)s1. The van der Waals surface area contributed by atoms with Crippen LogP contribution >= 0.6 is 11.3 Å². The van der Waals surface area contributed by atoms with Crippen molar-refractivity contribution in [2.24, 2.45) is 0 Å². The Labute approximate surface area is 99.0 Å². The number of hydrogen-bond donors (Lipinski definition) is 0. The maximum Gasteiger partial charge on any atom is 0.172 e. The molecule has 3 heteroatoms. The van der Waals surface area contributed by atoms with E-state index in [2.05, 4.69) is 4.98 Å². The summed E-state index contributed by atoms with van der Waals surface area (Å²) >= 11 is 1.57. The van der Waals surface area contributed by atoms with Gasteiger partial charge in [-0.3, -0.25) is 9.78 Å². The third-order valence-electron chi connectivity index (χ3n) is 2.46. The lowest BCUT2D eigenvalue weighted by molar-refractivity contribution is 0.0992. The van der Waals surface area contributed by atoms with Crippen LogP contribution in [0.4, 0.5) is 0 Å². The Morgan fingerprint density at radius 3 is 2.69 bits per heavy atom. The molecule has 0 aromatic carbocycles. The highest BCUT2D eigenvalue weighted by Crippen LogP contribution is 2.32. The summed E-state index contributed by atoms with van der Waals surface area (Å²) in [6, 6.07) is 5.92. The molecule has 0 saturated carbocycles. The summed E-state index contributed by atoms with van der Waals surface area (Å²) in [4.78, 5) is 17.6. The van der Waals surface area contributed by atoms with Gasteiger partial charge in [0.25, 0.3) is 0 Å². The van der Waals surface area contributed by atoms with Gasteiger partial charge in [-0.15, -0.1) is 11.3 Å². The van der Waals surface area contributed by atoms with Crippen LogP contribution in [0.15, 0.2) is 30.6 Å². The molecule has 2 aromatic rings. The molecule has 0 radical (unpaired) electrons. The minimum atomic E-state index is 0.216. The van der Waals surface area contributed by atoms with Crippen molar-refractivity contribution in [1.29, 1.82) is 0 Å². The molecule has 2 nitrogen and oxygen atoms in total.